The molecule has 17 heavy (non-hydrogen) atoms. The van der Waals surface area contributed by atoms with Crippen molar-refractivity contribution in [2.24, 2.45) is 11.3 Å². The molecule has 0 heterocycles. The monoisotopic (exact) mass is 303 g/mol. The van der Waals surface area contributed by atoms with E-state index in [4.69, 9.17) is 0 Å². The molecule has 0 aromatic rings. The average Bonchev–Trinajstić information content (AvgIpc) is 2.23. The largest absolute Gasteiger partial charge is 0.356 e. The van der Waals surface area contributed by atoms with E-state index in [0.717, 1.165) is 25.8 Å². The first-order valence-electron chi connectivity index (χ1n) is 6.85. The Morgan fingerprint density at radius 1 is 1.47 bits per heavy atom. The van der Waals surface area contributed by atoms with Gasteiger partial charge in [-0.25, -0.2) is 0 Å². The summed E-state index contributed by atoms with van der Waals surface area (Å²) < 4.78 is 0. The van der Waals surface area contributed by atoms with E-state index in [1.54, 1.807) is 0 Å². The molecule has 2 atom stereocenters. The van der Waals surface area contributed by atoms with Crippen molar-refractivity contribution < 1.29 is 4.79 Å². The summed E-state index contributed by atoms with van der Waals surface area (Å²) in [5.74, 6) is 0.495. The standard InChI is InChI=1S/C14H26BrNO/c1-11(15)7-6-10-16-13(17)12-8-4-5-9-14(12,2)3/h11-12H,4-10H2,1-3H3,(H,16,17). The number of carbonyl (C=O) groups is 1. The zero-order chi connectivity index (χ0) is 12.9. The van der Waals surface area contributed by atoms with Crippen molar-refractivity contribution in [1.29, 1.82) is 0 Å². The predicted molar refractivity (Wildman–Crippen MR) is 76.4 cm³/mol. The second kappa shape index (κ2) is 6.77. The van der Waals surface area contributed by atoms with Crippen LogP contribution in [0.5, 0.6) is 0 Å². The third-order valence-corrected chi connectivity index (χ3v) is 4.36. The van der Waals surface area contributed by atoms with Crippen LogP contribution in [-0.4, -0.2) is 17.3 Å². The smallest absolute Gasteiger partial charge is 0.223 e. The fourth-order valence-corrected chi connectivity index (χ4v) is 3.02. The Balaban J connectivity index is 2.31. The van der Waals surface area contributed by atoms with E-state index in [9.17, 15) is 4.79 Å². The van der Waals surface area contributed by atoms with Crippen LogP contribution in [0.1, 0.15) is 59.3 Å². The molecule has 0 radical (unpaired) electrons. The summed E-state index contributed by atoms with van der Waals surface area (Å²) in [5.41, 5.74) is 0.186. The zero-order valence-electron chi connectivity index (χ0n) is 11.4. The van der Waals surface area contributed by atoms with Gasteiger partial charge >= 0.3 is 0 Å². The Morgan fingerprint density at radius 3 is 2.76 bits per heavy atom. The number of nitrogens with one attached hydrogen (secondary N) is 1. The first-order valence-corrected chi connectivity index (χ1v) is 7.77. The Kier molecular flexibility index (Phi) is 5.98. The molecule has 0 spiro atoms. The molecule has 0 aromatic heterocycles. The van der Waals surface area contributed by atoms with Gasteiger partial charge in [0.2, 0.25) is 5.91 Å². The summed E-state index contributed by atoms with van der Waals surface area (Å²) in [4.78, 5) is 12.7. The van der Waals surface area contributed by atoms with Gasteiger partial charge in [-0.15, -0.1) is 0 Å². The van der Waals surface area contributed by atoms with Crippen LogP contribution in [0.25, 0.3) is 0 Å². The lowest BCUT2D eigenvalue weighted by Crippen LogP contribution is -2.41. The molecule has 3 heteroatoms. The molecule has 100 valence electrons. The minimum atomic E-state index is 0.186. The van der Waals surface area contributed by atoms with E-state index in [1.165, 1.54) is 19.3 Å². The van der Waals surface area contributed by atoms with E-state index < -0.39 is 0 Å². The highest BCUT2D eigenvalue weighted by Crippen LogP contribution is 2.40. The van der Waals surface area contributed by atoms with E-state index in [2.05, 4.69) is 42.0 Å². The molecule has 0 saturated heterocycles. The molecule has 1 aliphatic carbocycles. The number of halogens is 1. The van der Waals surface area contributed by atoms with Crippen molar-refractivity contribution in [2.45, 2.75) is 64.1 Å². The highest BCUT2D eigenvalue weighted by Gasteiger charge is 2.36. The van der Waals surface area contributed by atoms with Crippen LogP contribution >= 0.6 is 15.9 Å². The van der Waals surface area contributed by atoms with E-state index >= 15 is 0 Å². The molecule has 0 aromatic carbocycles. The van der Waals surface area contributed by atoms with Crippen molar-refractivity contribution >= 4 is 21.8 Å². The summed E-state index contributed by atoms with van der Waals surface area (Å²) in [6.07, 6.45) is 6.91. The van der Waals surface area contributed by atoms with Crippen LogP contribution in [-0.2, 0) is 4.79 Å². The van der Waals surface area contributed by atoms with Crippen LogP contribution in [0.2, 0.25) is 0 Å². The molecule has 1 N–H and O–H groups in total. The highest BCUT2D eigenvalue weighted by molar-refractivity contribution is 9.09. The summed E-state index contributed by atoms with van der Waals surface area (Å²) in [5, 5.41) is 3.10. The van der Waals surface area contributed by atoms with E-state index in [0.29, 0.717) is 4.83 Å². The first kappa shape index (κ1) is 15.0. The van der Waals surface area contributed by atoms with Crippen LogP contribution in [0.15, 0.2) is 0 Å². The number of rotatable bonds is 5. The summed E-state index contributed by atoms with van der Waals surface area (Å²) in [6, 6.07) is 0. The van der Waals surface area contributed by atoms with Gasteiger partial charge in [0.15, 0.2) is 0 Å². The van der Waals surface area contributed by atoms with Crippen LogP contribution < -0.4 is 5.32 Å². The number of hydrogen-bond donors (Lipinski definition) is 1. The van der Waals surface area contributed by atoms with Gasteiger partial charge in [-0.1, -0.05) is 49.5 Å². The van der Waals surface area contributed by atoms with Crippen molar-refractivity contribution in [3.05, 3.63) is 0 Å². The maximum atomic E-state index is 12.1. The molecule has 1 rings (SSSR count). The quantitative estimate of drug-likeness (QED) is 0.606. The highest BCUT2D eigenvalue weighted by atomic mass is 79.9. The summed E-state index contributed by atoms with van der Waals surface area (Å²) >= 11 is 3.52. The normalized spacial score (nSPS) is 25.3. The average molecular weight is 304 g/mol. The molecule has 2 unspecified atom stereocenters. The second-order valence-electron chi connectivity index (χ2n) is 6.00. The van der Waals surface area contributed by atoms with Crippen molar-refractivity contribution in [3.8, 4) is 0 Å². The van der Waals surface area contributed by atoms with Crippen molar-refractivity contribution in [2.75, 3.05) is 6.54 Å². The maximum absolute atomic E-state index is 12.1. The molecule has 1 aliphatic rings. The van der Waals surface area contributed by atoms with Gasteiger partial charge in [-0.2, -0.15) is 0 Å². The predicted octanol–water partition coefficient (Wildman–Crippen LogP) is 3.88. The molecule has 0 bridgehead atoms. The van der Waals surface area contributed by atoms with E-state index in [1.807, 2.05) is 0 Å². The molecule has 0 aliphatic heterocycles. The SMILES string of the molecule is CC(Br)CCCNC(=O)C1CCCCC1(C)C. The minimum absolute atomic E-state index is 0.186. The van der Waals surface area contributed by atoms with Gasteiger partial charge in [0, 0.05) is 17.3 Å². The number of carbonyl (C=O) groups excluding carboxylic acids is 1. The fraction of sp³-hybridized carbons (Fsp3) is 0.929. The molecule has 1 fully saturated rings. The third kappa shape index (κ3) is 4.99. The van der Waals surface area contributed by atoms with Gasteiger partial charge in [0.25, 0.3) is 0 Å². The Morgan fingerprint density at radius 2 is 2.18 bits per heavy atom. The van der Waals surface area contributed by atoms with Crippen molar-refractivity contribution in [3.63, 3.8) is 0 Å². The van der Waals surface area contributed by atoms with Crippen molar-refractivity contribution in [1.82, 2.24) is 5.32 Å². The molecular formula is C14H26BrNO. The van der Waals surface area contributed by atoms with Gasteiger partial charge in [0.1, 0.15) is 0 Å². The lowest BCUT2D eigenvalue weighted by molar-refractivity contribution is -0.130. The summed E-state index contributed by atoms with van der Waals surface area (Å²) in [6.45, 7) is 7.43. The van der Waals surface area contributed by atoms with Gasteiger partial charge < -0.3 is 5.32 Å². The molecular weight excluding hydrogens is 278 g/mol. The molecule has 2 nitrogen and oxygen atoms in total. The number of alkyl halides is 1. The topological polar surface area (TPSA) is 29.1 Å². The van der Waals surface area contributed by atoms with E-state index in [-0.39, 0.29) is 17.2 Å². The minimum Gasteiger partial charge on any atom is -0.356 e. The molecule has 1 amide bonds. The Labute approximate surface area is 114 Å². The van der Waals surface area contributed by atoms with Crippen LogP contribution in [0.4, 0.5) is 0 Å². The van der Waals surface area contributed by atoms with Gasteiger partial charge in [-0.05, 0) is 31.1 Å². The first-order chi connectivity index (χ1) is 7.93. The number of amides is 1. The Bertz CT molecular complexity index is 251. The van der Waals surface area contributed by atoms with Gasteiger partial charge in [-0.3, -0.25) is 4.79 Å². The Hall–Kier alpha value is -0.0500. The zero-order valence-corrected chi connectivity index (χ0v) is 13.0. The maximum Gasteiger partial charge on any atom is 0.223 e. The summed E-state index contributed by atoms with van der Waals surface area (Å²) in [7, 11) is 0. The lowest BCUT2D eigenvalue weighted by atomic mass is 9.68. The molecule has 1 saturated carbocycles. The third-order valence-electron chi connectivity index (χ3n) is 3.90. The van der Waals surface area contributed by atoms with Gasteiger partial charge in [0.05, 0.1) is 0 Å². The van der Waals surface area contributed by atoms with Crippen LogP contribution in [0, 0.1) is 11.3 Å². The second-order valence-corrected chi connectivity index (χ2v) is 7.56. The van der Waals surface area contributed by atoms with Crippen LogP contribution in [0.3, 0.4) is 0 Å². The fourth-order valence-electron chi connectivity index (χ4n) is 2.70. The lowest BCUT2D eigenvalue weighted by Gasteiger charge is -2.37. The number of hydrogen-bond acceptors (Lipinski definition) is 1.